The Morgan fingerprint density at radius 3 is 2.95 bits per heavy atom. The van der Waals surface area contributed by atoms with Gasteiger partial charge in [-0.3, -0.25) is 4.79 Å². The van der Waals surface area contributed by atoms with Gasteiger partial charge in [-0.25, -0.2) is 4.98 Å². The lowest BCUT2D eigenvalue weighted by Crippen LogP contribution is -2.13. The molecule has 4 heteroatoms. The van der Waals surface area contributed by atoms with Crippen LogP contribution in [0, 0.1) is 6.92 Å². The van der Waals surface area contributed by atoms with Gasteiger partial charge < -0.3 is 10.3 Å². The predicted octanol–water partition coefficient (Wildman–Crippen LogP) is 3.12. The Labute approximate surface area is 110 Å². The van der Waals surface area contributed by atoms with Gasteiger partial charge >= 0.3 is 0 Å². The molecule has 2 N–H and O–H groups in total. The number of benzene rings is 1. The van der Waals surface area contributed by atoms with Crippen LogP contribution in [0.25, 0.3) is 10.9 Å². The Bertz CT molecular complexity index is 746. The number of aromatic amines is 1. The van der Waals surface area contributed by atoms with E-state index in [-0.39, 0.29) is 5.91 Å². The second kappa shape index (κ2) is 4.57. The summed E-state index contributed by atoms with van der Waals surface area (Å²) in [4.78, 5) is 19.4. The summed E-state index contributed by atoms with van der Waals surface area (Å²) < 4.78 is 0. The van der Waals surface area contributed by atoms with Crippen molar-refractivity contribution in [1.82, 2.24) is 9.97 Å². The number of nitrogens with one attached hydrogen (secondary N) is 2. The molecule has 1 amide bonds. The number of fused-ring (bicyclic) bond motifs is 1. The van der Waals surface area contributed by atoms with Gasteiger partial charge in [-0.2, -0.15) is 0 Å². The lowest BCUT2D eigenvalue weighted by atomic mass is 10.2. The number of hydrogen-bond acceptors (Lipinski definition) is 2. The highest BCUT2D eigenvalue weighted by atomic mass is 16.1. The third-order valence-corrected chi connectivity index (χ3v) is 2.93. The third-order valence-electron chi connectivity index (χ3n) is 2.93. The first-order chi connectivity index (χ1) is 9.22. The van der Waals surface area contributed by atoms with Gasteiger partial charge in [0.1, 0.15) is 5.69 Å². The summed E-state index contributed by atoms with van der Waals surface area (Å²) in [5, 5.41) is 3.92. The largest absolute Gasteiger partial charge is 0.361 e. The summed E-state index contributed by atoms with van der Waals surface area (Å²) in [5.41, 5.74) is 3.06. The van der Waals surface area contributed by atoms with Crippen molar-refractivity contribution in [1.29, 1.82) is 0 Å². The van der Waals surface area contributed by atoms with Gasteiger partial charge in [-0.15, -0.1) is 0 Å². The van der Waals surface area contributed by atoms with Crippen LogP contribution in [0.5, 0.6) is 0 Å². The number of rotatable bonds is 2. The molecule has 0 aliphatic heterocycles. The molecule has 0 unspecified atom stereocenters. The van der Waals surface area contributed by atoms with Crippen LogP contribution in [0.1, 0.15) is 16.2 Å². The minimum Gasteiger partial charge on any atom is -0.361 e. The second-order valence-electron chi connectivity index (χ2n) is 4.40. The smallest absolute Gasteiger partial charge is 0.274 e. The third kappa shape index (κ3) is 2.33. The van der Waals surface area contributed by atoms with Crippen LogP contribution >= 0.6 is 0 Å². The zero-order chi connectivity index (χ0) is 13.2. The fourth-order valence-electron chi connectivity index (χ4n) is 2.00. The first kappa shape index (κ1) is 11.5. The van der Waals surface area contributed by atoms with Gasteiger partial charge in [0, 0.05) is 28.5 Å². The van der Waals surface area contributed by atoms with Gasteiger partial charge in [0.2, 0.25) is 0 Å². The van der Waals surface area contributed by atoms with E-state index in [4.69, 9.17) is 0 Å². The van der Waals surface area contributed by atoms with Crippen molar-refractivity contribution in [2.75, 3.05) is 5.32 Å². The van der Waals surface area contributed by atoms with E-state index < -0.39 is 0 Å². The normalized spacial score (nSPS) is 10.6. The SMILES string of the molecule is Cc1cccc(C(=O)Nc2ccc3[nH]ccc3c2)n1. The molecular weight excluding hydrogens is 238 g/mol. The van der Waals surface area contributed by atoms with Crippen LogP contribution in [-0.2, 0) is 0 Å². The van der Waals surface area contributed by atoms with Crippen LogP contribution in [0.4, 0.5) is 5.69 Å². The lowest BCUT2D eigenvalue weighted by molar-refractivity contribution is 0.102. The molecule has 0 aliphatic rings. The van der Waals surface area contributed by atoms with E-state index in [9.17, 15) is 4.79 Å². The van der Waals surface area contributed by atoms with E-state index in [1.165, 1.54) is 0 Å². The topological polar surface area (TPSA) is 57.8 Å². The molecule has 0 saturated carbocycles. The number of carbonyl (C=O) groups excluding carboxylic acids is 1. The van der Waals surface area contributed by atoms with Crippen LogP contribution in [-0.4, -0.2) is 15.9 Å². The summed E-state index contributed by atoms with van der Waals surface area (Å²) in [6.07, 6.45) is 1.87. The minimum atomic E-state index is -0.196. The molecule has 2 heterocycles. The van der Waals surface area contributed by atoms with Crippen LogP contribution in [0.2, 0.25) is 0 Å². The molecule has 19 heavy (non-hydrogen) atoms. The molecule has 0 fully saturated rings. The van der Waals surface area contributed by atoms with Crippen molar-refractivity contribution in [3.63, 3.8) is 0 Å². The first-order valence-electron chi connectivity index (χ1n) is 6.04. The number of pyridine rings is 1. The number of aromatic nitrogens is 2. The van der Waals surface area contributed by atoms with Crippen molar-refractivity contribution in [2.24, 2.45) is 0 Å². The lowest BCUT2D eigenvalue weighted by Gasteiger charge is -2.05. The molecule has 0 saturated heterocycles. The zero-order valence-corrected chi connectivity index (χ0v) is 10.5. The van der Waals surface area contributed by atoms with Crippen LogP contribution in [0.15, 0.2) is 48.7 Å². The second-order valence-corrected chi connectivity index (χ2v) is 4.40. The maximum absolute atomic E-state index is 12.1. The Hall–Kier alpha value is -2.62. The molecule has 94 valence electrons. The highest BCUT2D eigenvalue weighted by Gasteiger charge is 2.08. The van der Waals surface area contributed by atoms with Crippen molar-refractivity contribution in [3.05, 3.63) is 60.0 Å². The van der Waals surface area contributed by atoms with Gasteiger partial charge in [-0.05, 0) is 43.3 Å². The summed E-state index contributed by atoms with van der Waals surface area (Å²) in [5.74, 6) is -0.196. The highest BCUT2D eigenvalue weighted by Crippen LogP contribution is 2.18. The monoisotopic (exact) mass is 251 g/mol. The molecular formula is C15H13N3O. The average Bonchev–Trinajstić information content (AvgIpc) is 2.86. The Morgan fingerprint density at radius 2 is 2.11 bits per heavy atom. The molecule has 0 bridgehead atoms. The van der Waals surface area contributed by atoms with Gasteiger partial charge in [0.05, 0.1) is 0 Å². The molecule has 3 rings (SSSR count). The first-order valence-corrected chi connectivity index (χ1v) is 6.04. The van der Waals surface area contributed by atoms with Gasteiger partial charge in [0.15, 0.2) is 0 Å². The number of H-pyrrole nitrogens is 1. The number of anilines is 1. The van der Waals surface area contributed by atoms with Crippen molar-refractivity contribution in [3.8, 4) is 0 Å². The summed E-state index contributed by atoms with van der Waals surface area (Å²) in [6, 6.07) is 13.1. The molecule has 2 aromatic heterocycles. The minimum absolute atomic E-state index is 0.196. The molecule has 0 radical (unpaired) electrons. The molecule has 4 nitrogen and oxygen atoms in total. The molecule has 0 atom stereocenters. The fourth-order valence-corrected chi connectivity index (χ4v) is 2.00. The average molecular weight is 251 g/mol. The molecule has 3 aromatic rings. The Morgan fingerprint density at radius 1 is 1.21 bits per heavy atom. The van der Waals surface area contributed by atoms with Crippen molar-refractivity contribution < 1.29 is 4.79 Å². The number of aryl methyl sites for hydroxylation is 1. The van der Waals surface area contributed by atoms with Gasteiger partial charge in [-0.1, -0.05) is 6.07 Å². The molecule has 0 spiro atoms. The van der Waals surface area contributed by atoms with E-state index in [1.807, 2.05) is 49.5 Å². The number of hydrogen-bond donors (Lipinski definition) is 2. The van der Waals surface area contributed by atoms with E-state index in [0.29, 0.717) is 5.69 Å². The maximum atomic E-state index is 12.1. The van der Waals surface area contributed by atoms with E-state index in [2.05, 4.69) is 15.3 Å². The van der Waals surface area contributed by atoms with Gasteiger partial charge in [0.25, 0.3) is 5.91 Å². The predicted molar refractivity (Wildman–Crippen MR) is 75.2 cm³/mol. The summed E-state index contributed by atoms with van der Waals surface area (Å²) in [7, 11) is 0. The fraction of sp³-hybridized carbons (Fsp3) is 0.0667. The number of amides is 1. The molecule has 0 aliphatic carbocycles. The van der Waals surface area contributed by atoms with E-state index >= 15 is 0 Å². The van der Waals surface area contributed by atoms with Crippen LogP contribution in [0.3, 0.4) is 0 Å². The van der Waals surface area contributed by atoms with E-state index in [0.717, 1.165) is 22.3 Å². The highest BCUT2D eigenvalue weighted by molar-refractivity contribution is 6.03. The maximum Gasteiger partial charge on any atom is 0.274 e. The quantitative estimate of drug-likeness (QED) is 0.735. The zero-order valence-electron chi connectivity index (χ0n) is 10.5. The van der Waals surface area contributed by atoms with Crippen molar-refractivity contribution in [2.45, 2.75) is 6.92 Å². The summed E-state index contributed by atoms with van der Waals surface area (Å²) >= 11 is 0. The number of nitrogens with zero attached hydrogens (tertiary/aromatic N) is 1. The Balaban J connectivity index is 1.86. The number of carbonyl (C=O) groups is 1. The molecule has 1 aromatic carbocycles. The standard InChI is InChI=1S/C15H13N3O/c1-10-3-2-4-14(17-10)15(19)18-12-5-6-13-11(9-12)7-8-16-13/h2-9,16H,1H3,(H,18,19). The van der Waals surface area contributed by atoms with Crippen LogP contribution < -0.4 is 5.32 Å². The Kier molecular flexibility index (Phi) is 2.76. The summed E-state index contributed by atoms with van der Waals surface area (Å²) in [6.45, 7) is 1.86. The van der Waals surface area contributed by atoms with Crippen molar-refractivity contribution >= 4 is 22.5 Å². The van der Waals surface area contributed by atoms with E-state index in [1.54, 1.807) is 6.07 Å².